The van der Waals surface area contributed by atoms with E-state index in [2.05, 4.69) is 25.2 Å². The van der Waals surface area contributed by atoms with Crippen LogP contribution in [-0.4, -0.2) is 34.0 Å². The van der Waals surface area contributed by atoms with Crippen LogP contribution in [0, 0.1) is 0 Å². The van der Waals surface area contributed by atoms with E-state index in [1.54, 1.807) is 21.3 Å². The maximum Gasteiger partial charge on any atom is 0.161 e. The Hall–Kier alpha value is -1.26. The molecule has 0 saturated carbocycles. The number of rotatable bonds is 8. The largest absolute Gasteiger partial charge is 0.493 e. The maximum atomic E-state index is 5.35. The molecule has 0 saturated heterocycles. The molecule has 1 aromatic carbocycles. The van der Waals surface area contributed by atoms with Crippen molar-refractivity contribution in [2.45, 2.75) is 32.4 Å². The zero-order valence-electron chi connectivity index (χ0n) is 12.5. The molecule has 1 aromatic rings. The van der Waals surface area contributed by atoms with E-state index in [0.717, 1.165) is 24.5 Å². The Kier molecular flexibility index (Phi) is 6.67. The second kappa shape index (κ2) is 8.02. The van der Waals surface area contributed by atoms with E-state index in [-0.39, 0.29) is 12.1 Å². The van der Waals surface area contributed by atoms with Crippen molar-refractivity contribution in [1.29, 1.82) is 0 Å². The second-order valence-electron chi connectivity index (χ2n) is 4.51. The van der Waals surface area contributed by atoms with E-state index in [1.165, 1.54) is 5.56 Å². The molecule has 0 radical (unpaired) electrons. The Morgan fingerprint density at radius 2 is 1.79 bits per heavy atom. The molecule has 0 aromatic heterocycles. The van der Waals surface area contributed by atoms with Gasteiger partial charge in [-0.15, -0.1) is 0 Å². The fraction of sp³-hybridized carbons (Fsp3) is 0.600. The quantitative estimate of drug-likeness (QED) is 0.786. The summed E-state index contributed by atoms with van der Waals surface area (Å²) >= 11 is 0. The number of nitrogens with one attached hydrogen (secondary N) is 1. The lowest BCUT2D eigenvalue weighted by molar-refractivity contribution is 0.101. The summed E-state index contributed by atoms with van der Waals surface area (Å²) in [5.74, 6) is 1.51. The first kappa shape index (κ1) is 15.8. The third-order valence-corrected chi connectivity index (χ3v) is 3.23. The first-order valence-electron chi connectivity index (χ1n) is 6.64. The van der Waals surface area contributed by atoms with Crippen LogP contribution in [0.15, 0.2) is 18.2 Å². The summed E-state index contributed by atoms with van der Waals surface area (Å²) in [6.07, 6.45) is 1.12. The van der Waals surface area contributed by atoms with Crippen molar-refractivity contribution in [2.75, 3.05) is 27.9 Å². The van der Waals surface area contributed by atoms with Gasteiger partial charge in [0, 0.05) is 13.2 Å². The van der Waals surface area contributed by atoms with Crippen LogP contribution in [0.25, 0.3) is 0 Å². The van der Waals surface area contributed by atoms with Gasteiger partial charge < -0.3 is 19.5 Å². The number of hydrogen-bond acceptors (Lipinski definition) is 4. The number of methoxy groups -OCH3 is 3. The summed E-state index contributed by atoms with van der Waals surface area (Å²) in [7, 11) is 5.04. The number of hydrogen-bond donors (Lipinski definition) is 1. The first-order chi connectivity index (χ1) is 9.15. The SMILES string of the molecule is CCNC(CC(C)OC)c1ccc(OC)c(OC)c1. The molecule has 1 rings (SSSR count). The van der Waals surface area contributed by atoms with Gasteiger partial charge in [-0.2, -0.15) is 0 Å². The van der Waals surface area contributed by atoms with Gasteiger partial charge in [0.1, 0.15) is 0 Å². The van der Waals surface area contributed by atoms with Crippen molar-refractivity contribution in [1.82, 2.24) is 5.32 Å². The average molecular weight is 267 g/mol. The van der Waals surface area contributed by atoms with Gasteiger partial charge in [0.05, 0.1) is 20.3 Å². The van der Waals surface area contributed by atoms with E-state index in [4.69, 9.17) is 14.2 Å². The molecule has 1 N–H and O–H groups in total. The molecule has 0 spiro atoms. The minimum Gasteiger partial charge on any atom is -0.493 e. The summed E-state index contributed by atoms with van der Waals surface area (Å²) in [4.78, 5) is 0. The van der Waals surface area contributed by atoms with Crippen molar-refractivity contribution < 1.29 is 14.2 Å². The molecule has 0 heterocycles. The molecule has 0 aliphatic rings. The summed E-state index contributed by atoms with van der Waals surface area (Å²) in [5, 5.41) is 3.48. The van der Waals surface area contributed by atoms with Gasteiger partial charge in [0.2, 0.25) is 0 Å². The van der Waals surface area contributed by atoms with Gasteiger partial charge in [0.25, 0.3) is 0 Å². The summed E-state index contributed by atoms with van der Waals surface area (Å²) in [6.45, 7) is 5.09. The molecule has 0 amide bonds. The predicted molar refractivity (Wildman–Crippen MR) is 77.1 cm³/mol. The number of ether oxygens (including phenoxy) is 3. The predicted octanol–water partition coefficient (Wildman–Crippen LogP) is 2.78. The first-order valence-corrected chi connectivity index (χ1v) is 6.64. The minimum absolute atomic E-state index is 0.206. The topological polar surface area (TPSA) is 39.7 Å². The van der Waals surface area contributed by atoms with E-state index in [0.29, 0.717) is 0 Å². The van der Waals surface area contributed by atoms with Gasteiger partial charge in [-0.05, 0) is 37.6 Å². The summed E-state index contributed by atoms with van der Waals surface area (Å²) in [5.41, 5.74) is 1.18. The lowest BCUT2D eigenvalue weighted by atomic mass is 10.0. The molecular weight excluding hydrogens is 242 g/mol. The van der Waals surface area contributed by atoms with Crippen LogP contribution in [0.4, 0.5) is 0 Å². The molecular formula is C15H25NO3. The Bertz CT molecular complexity index is 382. The van der Waals surface area contributed by atoms with E-state index < -0.39 is 0 Å². The monoisotopic (exact) mass is 267 g/mol. The van der Waals surface area contributed by atoms with Crippen LogP contribution in [0.2, 0.25) is 0 Å². The van der Waals surface area contributed by atoms with E-state index in [1.807, 2.05) is 12.1 Å². The highest BCUT2D eigenvalue weighted by atomic mass is 16.5. The highest BCUT2D eigenvalue weighted by Crippen LogP contribution is 2.31. The standard InChI is InChI=1S/C15H25NO3/c1-6-16-13(9-11(2)17-3)12-7-8-14(18-4)15(10-12)19-5/h7-8,10-11,13,16H,6,9H2,1-5H3. The maximum absolute atomic E-state index is 5.35. The van der Waals surface area contributed by atoms with Gasteiger partial charge >= 0.3 is 0 Å². The van der Waals surface area contributed by atoms with Crippen LogP contribution < -0.4 is 14.8 Å². The highest BCUT2D eigenvalue weighted by molar-refractivity contribution is 5.43. The Morgan fingerprint density at radius 3 is 2.32 bits per heavy atom. The van der Waals surface area contributed by atoms with Gasteiger partial charge in [-0.3, -0.25) is 0 Å². The molecule has 4 heteroatoms. The molecule has 0 aliphatic carbocycles. The van der Waals surface area contributed by atoms with Crippen molar-refractivity contribution in [3.63, 3.8) is 0 Å². The molecule has 2 unspecified atom stereocenters. The Labute approximate surface area is 116 Å². The molecule has 0 fully saturated rings. The Balaban J connectivity index is 2.95. The fourth-order valence-electron chi connectivity index (χ4n) is 2.08. The normalized spacial score (nSPS) is 13.9. The lowest BCUT2D eigenvalue weighted by Gasteiger charge is -2.22. The molecule has 19 heavy (non-hydrogen) atoms. The van der Waals surface area contributed by atoms with Crippen LogP contribution in [0.1, 0.15) is 31.9 Å². The highest BCUT2D eigenvalue weighted by Gasteiger charge is 2.16. The molecule has 0 aliphatic heterocycles. The van der Waals surface area contributed by atoms with E-state index >= 15 is 0 Å². The van der Waals surface area contributed by atoms with Crippen LogP contribution in [0.5, 0.6) is 11.5 Å². The molecule has 108 valence electrons. The second-order valence-corrected chi connectivity index (χ2v) is 4.51. The molecule has 4 nitrogen and oxygen atoms in total. The third kappa shape index (κ3) is 4.40. The van der Waals surface area contributed by atoms with E-state index in [9.17, 15) is 0 Å². The Morgan fingerprint density at radius 1 is 1.11 bits per heavy atom. The van der Waals surface area contributed by atoms with Gasteiger partial charge in [-0.1, -0.05) is 13.0 Å². The minimum atomic E-state index is 0.206. The smallest absolute Gasteiger partial charge is 0.161 e. The van der Waals surface area contributed by atoms with Crippen LogP contribution in [0.3, 0.4) is 0 Å². The number of benzene rings is 1. The average Bonchev–Trinajstić information content (AvgIpc) is 2.45. The fourth-order valence-corrected chi connectivity index (χ4v) is 2.08. The molecule has 0 bridgehead atoms. The summed E-state index contributed by atoms with van der Waals surface area (Å²) < 4.78 is 16.0. The van der Waals surface area contributed by atoms with Gasteiger partial charge in [-0.25, -0.2) is 0 Å². The van der Waals surface area contributed by atoms with Gasteiger partial charge in [0.15, 0.2) is 11.5 Å². The van der Waals surface area contributed by atoms with Crippen molar-refractivity contribution in [3.8, 4) is 11.5 Å². The van der Waals surface area contributed by atoms with Crippen molar-refractivity contribution in [2.24, 2.45) is 0 Å². The lowest BCUT2D eigenvalue weighted by Crippen LogP contribution is -2.25. The van der Waals surface area contributed by atoms with Crippen molar-refractivity contribution in [3.05, 3.63) is 23.8 Å². The van der Waals surface area contributed by atoms with Crippen LogP contribution >= 0.6 is 0 Å². The zero-order chi connectivity index (χ0) is 14.3. The van der Waals surface area contributed by atoms with Crippen LogP contribution in [-0.2, 0) is 4.74 Å². The molecule has 2 atom stereocenters. The zero-order valence-corrected chi connectivity index (χ0v) is 12.5. The summed E-state index contributed by atoms with van der Waals surface area (Å²) in [6, 6.07) is 6.28. The third-order valence-electron chi connectivity index (χ3n) is 3.23. The van der Waals surface area contributed by atoms with Crippen molar-refractivity contribution >= 4 is 0 Å².